The molecule has 0 spiro atoms. The summed E-state index contributed by atoms with van der Waals surface area (Å²) >= 11 is 0. The lowest BCUT2D eigenvalue weighted by molar-refractivity contribution is 0.411. The van der Waals surface area contributed by atoms with Crippen LogP contribution in [0.25, 0.3) is 0 Å². The van der Waals surface area contributed by atoms with Crippen molar-refractivity contribution in [2.24, 2.45) is 11.8 Å². The largest absolute Gasteiger partial charge is 0.0825 e. The van der Waals surface area contributed by atoms with Crippen molar-refractivity contribution in [3.63, 3.8) is 0 Å². The van der Waals surface area contributed by atoms with Gasteiger partial charge in [0.1, 0.15) is 0 Å². The molecule has 0 radical (unpaired) electrons. The monoisotopic (exact) mass is 252 g/mol. The van der Waals surface area contributed by atoms with Crippen LogP contribution in [-0.4, -0.2) is 0 Å². The van der Waals surface area contributed by atoms with E-state index in [2.05, 4.69) is 40.7 Å². The minimum Gasteiger partial charge on any atom is -0.0825 e. The molecule has 0 saturated carbocycles. The van der Waals surface area contributed by atoms with Crippen LogP contribution in [0.1, 0.15) is 92.4 Å². The van der Waals surface area contributed by atoms with Crippen molar-refractivity contribution in [1.82, 2.24) is 0 Å². The van der Waals surface area contributed by atoms with Crippen LogP contribution in [0.3, 0.4) is 0 Å². The fourth-order valence-corrected chi connectivity index (χ4v) is 2.55. The highest BCUT2D eigenvalue weighted by Crippen LogP contribution is 2.22. The molecule has 18 heavy (non-hydrogen) atoms. The van der Waals surface area contributed by atoms with Gasteiger partial charge in [-0.1, -0.05) is 83.8 Å². The first kappa shape index (κ1) is 17.7. The second-order valence-corrected chi connectivity index (χ2v) is 6.42. The maximum absolute atomic E-state index is 2.48. The minimum atomic E-state index is 0.796. The van der Waals surface area contributed by atoms with Gasteiger partial charge in [0, 0.05) is 0 Å². The van der Waals surface area contributed by atoms with Crippen LogP contribution >= 0.6 is 0 Å². The second kappa shape index (κ2) is 11.8. The highest BCUT2D eigenvalue weighted by Gasteiger charge is 2.09. The Morgan fingerprint density at radius 1 is 0.833 bits per heavy atom. The number of unbranched alkanes of at least 4 members (excludes halogenated alkanes) is 7. The van der Waals surface area contributed by atoms with Crippen LogP contribution in [0.2, 0.25) is 0 Å². The van der Waals surface area contributed by atoms with Gasteiger partial charge in [-0.2, -0.15) is 0 Å². The van der Waals surface area contributed by atoms with E-state index in [9.17, 15) is 0 Å². The SMILES string of the molecule is CCCCCCCCCCC(C=C(C)C)C(C)C. The normalized spacial score (nSPS) is 12.8. The Labute approximate surface area is 116 Å². The van der Waals surface area contributed by atoms with Crippen LogP contribution in [0.5, 0.6) is 0 Å². The molecular formula is C18H36. The third-order valence-corrected chi connectivity index (χ3v) is 3.79. The van der Waals surface area contributed by atoms with Gasteiger partial charge in [-0.25, -0.2) is 0 Å². The van der Waals surface area contributed by atoms with E-state index in [1.165, 1.54) is 63.4 Å². The van der Waals surface area contributed by atoms with Crippen molar-refractivity contribution in [3.8, 4) is 0 Å². The van der Waals surface area contributed by atoms with Gasteiger partial charge >= 0.3 is 0 Å². The molecule has 108 valence electrons. The highest BCUT2D eigenvalue weighted by molar-refractivity contribution is 4.98. The predicted molar refractivity (Wildman–Crippen MR) is 85.0 cm³/mol. The van der Waals surface area contributed by atoms with E-state index in [0.29, 0.717) is 0 Å². The summed E-state index contributed by atoms with van der Waals surface area (Å²) in [5.41, 5.74) is 1.48. The third-order valence-electron chi connectivity index (χ3n) is 3.79. The summed E-state index contributed by atoms with van der Waals surface area (Å²) < 4.78 is 0. The topological polar surface area (TPSA) is 0 Å². The second-order valence-electron chi connectivity index (χ2n) is 6.42. The summed E-state index contributed by atoms with van der Waals surface area (Å²) in [6, 6.07) is 0. The Kier molecular flexibility index (Phi) is 11.6. The van der Waals surface area contributed by atoms with Crippen molar-refractivity contribution in [2.75, 3.05) is 0 Å². The Morgan fingerprint density at radius 3 is 1.78 bits per heavy atom. The summed E-state index contributed by atoms with van der Waals surface area (Å²) in [5, 5.41) is 0. The molecule has 0 nitrogen and oxygen atoms in total. The van der Waals surface area contributed by atoms with Crippen molar-refractivity contribution in [3.05, 3.63) is 11.6 Å². The third kappa shape index (κ3) is 10.9. The van der Waals surface area contributed by atoms with Crippen molar-refractivity contribution < 1.29 is 0 Å². The van der Waals surface area contributed by atoms with E-state index in [1.807, 2.05) is 0 Å². The quantitative estimate of drug-likeness (QED) is 0.281. The average molecular weight is 252 g/mol. The zero-order valence-electron chi connectivity index (χ0n) is 13.6. The number of hydrogen-bond acceptors (Lipinski definition) is 0. The maximum atomic E-state index is 2.48. The number of hydrogen-bond donors (Lipinski definition) is 0. The lowest BCUT2D eigenvalue weighted by Crippen LogP contribution is -2.06. The van der Waals surface area contributed by atoms with E-state index in [1.54, 1.807) is 0 Å². The van der Waals surface area contributed by atoms with Gasteiger partial charge in [0.15, 0.2) is 0 Å². The molecule has 0 aromatic carbocycles. The molecule has 0 saturated heterocycles. The maximum Gasteiger partial charge on any atom is -0.0208 e. The van der Waals surface area contributed by atoms with Crippen LogP contribution in [0.15, 0.2) is 11.6 Å². The van der Waals surface area contributed by atoms with Gasteiger partial charge in [-0.15, -0.1) is 0 Å². The Hall–Kier alpha value is -0.260. The summed E-state index contributed by atoms with van der Waals surface area (Å²) in [4.78, 5) is 0. The first-order valence-electron chi connectivity index (χ1n) is 8.23. The summed E-state index contributed by atoms with van der Waals surface area (Å²) in [6.45, 7) is 11.4. The van der Waals surface area contributed by atoms with E-state index < -0.39 is 0 Å². The van der Waals surface area contributed by atoms with Crippen LogP contribution in [-0.2, 0) is 0 Å². The van der Waals surface area contributed by atoms with E-state index in [4.69, 9.17) is 0 Å². The highest BCUT2D eigenvalue weighted by atomic mass is 14.1. The molecule has 0 fully saturated rings. The van der Waals surface area contributed by atoms with Gasteiger partial charge in [0.2, 0.25) is 0 Å². The zero-order chi connectivity index (χ0) is 13.8. The molecule has 0 amide bonds. The molecule has 1 unspecified atom stereocenters. The first-order valence-corrected chi connectivity index (χ1v) is 8.23. The smallest absolute Gasteiger partial charge is 0.0208 e. The van der Waals surface area contributed by atoms with Gasteiger partial charge < -0.3 is 0 Å². The lowest BCUT2D eigenvalue weighted by Gasteiger charge is -2.17. The van der Waals surface area contributed by atoms with Gasteiger partial charge in [-0.05, 0) is 32.1 Å². The van der Waals surface area contributed by atoms with Crippen LogP contribution in [0.4, 0.5) is 0 Å². The molecule has 0 aromatic heterocycles. The lowest BCUT2D eigenvalue weighted by atomic mass is 9.88. The van der Waals surface area contributed by atoms with Crippen molar-refractivity contribution in [1.29, 1.82) is 0 Å². The molecule has 0 heterocycles. The number of allylic oxidation sites excluding steroid dienone is 2. The van der Waals surface area contributed by atoms with E-state index in [-0.39, 0.29) is 0 Å². The molecule has 0 aromatic rings. The summed E-state index contributed by atoms with van der Waals surface area (Å²) in [5.74, 6) is 1.60. The van der Waals surface area contributed by atoms with Crippen molar-refractivity contribution >= 4 is 0 Å². The summed E-state index contributed by atoms with van der Waals surface area (Å²) in [6.07, 6.45) is 15.3. The Bertz CT molecular complexity index is 196. The molecule has 0 aliphatic carbocycles. The van der Waals surface area contributed by atoms with Crippen LogP contribution < -0.4 is 0 Å². The Morgan fingerprint density at radius 2 is 1.33 bits per heavy atom. The van der Waals surface area contributed by atoms with Gasteiger partial charge in [0.25, 0.3) is 0 Å². The zero-order valence-corrected chi connectivity index (χ0v) is 13.6. The van der Waals surface area contributed by atoms with Crippen LogP contribution in [0, 0.1) is 11.8 Å². The Balaban J connectivity index is 3.53. The molecule has 0 heteroatoms. The van der Waals surface area contributed by atoms with E-state index in [0.717, 1.165) is 11.8 Å². The van der Waals surface area contributed by atoms with E-state index >= 15 is 0 Å². The van der Waals surface area contributed by atoms with Crippen molar-refractivity contribution in [2.45, 2.75) is 92.4 Å². The predicted octanol–water partition coefficient (Wildman–Crippen LogP) is 6.76. The molecule has 0 N–H and O–H groups in total. The van der Waals surface area contributed by atoms with Gasteiger partial charge in [-0.3, -0.25) is 0 Å². The molecular weight excluding hydrogens is 216 g/mol. The molecule has 0 rings (SSSR count). The minimum absolute atomic E-state index is 0.796. The molecule has 0 aliphatic heterocycles. The number of rotatable bonds is 11. The first-order chi connectivity index (χ1) is 8.57. The summed E-state index contributed by atoms with van der Waals surface area (Å²) in [7, 11) is 0. The molecule has 1 atom stereocenters. The molecule has 0 aliphatic rings. The standard InChI is InChI=1S/C18H36/c1-6-7-8-9-10-11-12-13-14-18(17(4)5)15-16(2)3/h15,17-18H,6-14H2,1-5H3. The fourth-order valence-electron chi connectivity index (χ4n) is 2.55. The molecule has 0 bridgehead atoms. The fraction of sp³-hybridized carbons (Fsp3) is 0.889. The van der Waals surface area contributed by atoms with Gasteiger partial charge in [0.05, 0.1) is 0 Å². The average Bonchev–Trinajstić information content (AvgIpc) is 2.30.